The van der Waals surface area contributed by atoms with E-state index in [2.05, 4.69) is 4.98 Å². The zero-order chi connectivity index (χ0) is 22.2. The molecule has 1 amide bonds. The summed E-state index contributed by atoms with van der Waals surface area (Å²) in [5.74, 6) is 1.85. The van der Waals surface area contributed by atoms with E-state index in [1.807, 2.05) is 65.6 Å². The lowest BCUT2D eigenvalue weighted by Gasteiger charge is -2.24. The highest BCUT2D eigenvalue weighted by Gasteiger charge is 2.19. The maximum atomic E-state index is 13.3. The van der Waals surface area contributed by atoms with Crippen LogP contribution >= 0.6 is 11.6 Å². The van der Waals surface area contributed by atoms with Gasteiger partial charge in [-0.3, -0.25) is 4.79 Å². The standard InChI is InChI=1S/C26H27ClN2O3/c27-22-12-4-3-10-20(22)18-25(30)29-16-7-1-2-8-17-31-23-13-5-6-14-24(23)32-26-21(19-29)11-9-15-28-26/h3-6,9-15H,1-2,7-8,16-19H2. The van der Waals surface area contributed by atoms with E-state index in [1.54, 1.807) is 6.20 Å². The van der Waals surface area contributed by atoms with Crippen LogP contribution in [0.25, 0.3) is 0 Å². The molecule has 0 radical (unpaired) electrons. The molecule has 6 heteroatoms. The first-order valence-electron chi connectivity index (χ1n) is 11.1. The first kappa shape index (κ1) is 22.2. The molecular formula is C26H27ClN2O3. The third-order valence-electron chi connectivity index (χ3n) is 5.50. The number of benzene rings is 2. The predicted molar refractivity (Wildman–Crippen MR) is 125 cm³/mol. The van der Waals surface area contributed by atoms with E-state index in [1.165, 1.54) is 0 Å². The number of para-hydroxylation sites is 2. The normalized spacial score (nSPS) is 14.8. The fourth-order valence-corrected chi connectivity index (χ4v) is 3.95. The van der Waals surface area contributed by atoms with Gasteiger partial charge in [0.1, 0.15) is 0 Å². The van der Waals surface area contributed by atoms with Crippen molar-refractivity contribution >= 4 is 17.5 Å². The van der Waals surface area contributed by atoms with Crippen molar-refractivity contribution in [3.05, 3.63) is 83.0 Å². The van der Waals surface area contributed by atoms with E-state index in [-0.39, 0.29) is 12.3 Å². The van der Waals surface area contributed by atoms with Crippen molar-refractivity contribution in [3.63, 3.8) is 0 Å². The Morgan fingerprint density at radius 1 is 0.938 bits per heavy atom. The second-order valence-corrected chi connectivity index (χ2v) is 8.27. The Bertz CT molecular complexity index is 1060. The van der Waals surface area contributed by atoms with Gasteiger partial charge in [0.2, 0.25) is 11.8 Å². The number of halogens is 1. The molecule has 0 aliphatic carbocycles. The Morgan fingerprint density at radius 2 is 1.72 bits per heavy atom. The van der Waals surface area contributed by atoms with Crippen LogP contribution in [0.1, 0.15) is 36.8 Å². The summed E-state index contributed by atoms with van der Waals surface area (Å²) in [6.07, 6.45) is 5.94. The minimum atomic E-state index is 0.0451. The number of aromatic nitrogens is 1. The monoisotopic (exact) mass is 450 g/mol. The SMILES string of the molecule is O=C(Cc1ccccc1Cl)N1CCCCCCOc2ccccc2Oc2ncccc2C1. The Labute approximate surface area is 193 Å². The van der Waals surface area contributed by atoms with Gasteiger partial charge in [-0.25, -0.2) is 4.98 Å². The van der Waals surface area contributed by atoms with Gasteiger partial charge >= 0.3 is 0 Å². The maximum Gasteiger partial charge on any atom is 0.227 e. The van der Waals surface area contributed by atoms with E-state index < -0.39 is 0 Å². The minimum Gasteiger partial charge on any atom is -0.490 e. The van der Waals surface area contributed by atoms with Crippen LogP contribution < -0.4 is 9.47 Å². The summed E-state index contributed by atoms with van der Waals surface area (Å²) < 4.78 is 12.1. The number of nitrogens with zero attached hydrogens (tertiary/aromatic N) is 2. The molecule has 2 aromatic carbocycles. The first-order chi connectivity index (χ1) is 15.7. The van der Waals surface area contributed by atoms with Crippen LogP contribution in [-0.2, 0) is 17.8 Å². The second kappa shape index (κ2) is 11.0. The fourth-order valence-electron chi connectivity index (χ4n) is 3.75. The summed E-state index contributed by atoms with van der Waals surface area (Å²) >= 11 is 6.30. The lowest BCUT2D eigenvalue weighted by Crippen LogP contribution is -2.33. The topological polar surface area (TPSA) is 51.7 Å². The summed E-state index contributed by atoms with van der Waals surface area (Å²) in [6, 6.07) is 18.9. The number of carbonyl (C=O) groups excluding carboxylic acids is 1. The molecule has 0 saturated heterocycles. The highest BCUT2D eigenvalue weighted by Crippen LogP contribution is 2.32. The Hall–Kier alpha value is -3.05. The summed E-state index contributed by atoms with van der Waals surface area (Å²) in [4.78, 5) is 19.6. The van der Waals surface area contributed by atoms with Crippen molar-refractivity contribution in [1.82, 2.24) is 9.88 Å². The van der Waals surface area contributed by atoms with Gasteiger partial charge in [-0.05, 0) is 42.7 Å². The molecule has 1 aliphatic heterocycles. The molecule has 0 unspecified atom stereocenters. The Morgan fingerprint density at radius 3 is 2.59 bits per heavy atom. The van der Waals surface area contributed by atoms with Crippen molar-refractivity contribution in [2.45, 2.75) is 38.6 Å². The molecule has 5 nitrogen and oxygen atoms in total. The number of carbonyl (C=O) groups is 1. The van der Waals surface area contributed by atoms with Crippen molar-refractivity contribution in [2.24, 2.45) is 0 Å². The molecule has 0 saturated carbocycles. The van der Waals surface area contributed by atoms with Gasteiger partial charge in [-0.1, -0.05) is 60.8 Å². The van der Waals surface area contributed by atoms with Crippen LogP contribution in [0.2, 0.25) is 5.02 Å². The van der Waals surface area contributed by atoms with Crippen molar-refractivity contribution < 1.29 is 14.3 Å². The van der Waals surface area contributed by atoms with Gasteiger partial charge in [0, 0.05) is 23.3 Å². The molecule has 1 aliphatic rings. The first-order valence-corrected chi connectivity index (χ1v) is 11.4. The van der Waals surface area contributed by atoms with E-state index in [0.717, 1.165) is 36.8 Å². The predicted octanol–water partition coefficient (Wildman–Crippen LogP) is 6.05. The number of amides is 1. The smallest absolute Gasteiger partial charge is 0.227 e. The van der Waals surface area contributed by atoms with Crippen LogP contribution in [-0.4, -0.2) is 28.9 Å². The van der Waals surface area contributed by atoms with Crippen LogP contribution in [0.4, 0.5) is 0 Å². The second-order valence-electron chi connectivity index (χ2n) is 7.86. The molecule has 166 valence electrons. The minimum absolute atomic E-state index is 0.0451. The van der Waals surface area contributed by atoms with Crippen molar-refractivity contribution in [1.29, 1.82) is 0 Å². The molecule has 3 aromatic rings. The number of ether oxygens (including phenoxy) is 2. The third-order valence-corrected chi connectivity index (χ3v) is 5.87. The number of hydrogen-bond acceptors (Lipinski definition) is 4. The zero-order valence-corrected chi connectivity index (χ0v) is 18.8. The molecule has 0 fully saturated rings. The van der Waals surface area contributed by atoms with Gasteiger partial charge in [0.25, 0.3) is 0 Å². The largest absolute Gasteiger partial charge is 0.490 e. The van der Waals surface area contributed by atoms with Crippen LogP contribution in [0.15, 0.2) is 66.9 Å². The molecule has 0 bridgehead atoms. The molecule has 1 aromatic heterocycles. The number of pyridine rings is 1. The highest BCUT2D eigenvalue weighted by atomic mass is 35.5. The third kappa shape index (κ3) is 5.80. The fraction of sp³-hybridized carbons (Fsp3) is 0.308. The van der Waals surface area contributed by atoms with Gasteiger partial charge in [-0.2, -0.15) is 0 Å². The van der Waals surface area contributed by atoms with Gasteiger partial charge in [0.05, 0.1) is 19.6 Å². The van der Waals surface area contributed by atoms with E-state index >= 15 is 0 Å². The van der Waals surface area contributed by atoms with Gasteiger partial charge < -0.3 is 14.4 Å². The van der Waals surface area contributed by atoms with E-state index in [9.17, 15) is 4.79 Å². The Kier molecular flexibility index (Phi) is 7.62. The molecular weight excluding hydrogens is 424 g/mol. The van der Waals surface area contributed by atoms with Crippen LogP contribution in [0, 0.1) is 0 Å². The van der Waals surface area contributed by atoms with E-state index in [0.29, 0.717) is 42.1 Å². The summed E-state index contributed by atoms with van der Waals surface area (Å²) in [7, 11) is 0. The number of fused-ring (bicyclic) bond motifs is 2. The number of rotatable bonds is 2. The van der Waals surface area contributed by atoms with Crippen molar-refractivity contribution in [3.8, 4) is 17.4 Å². The summed E-state index contributed by atoms with van der Waals surface area (Å²) in [5.41, 5.74) is 1.69. The summed E-state index contributed by atoms with van der Waals surface area (Å²) in [5, 5.41) is 0.616. The zero-order valence-electron chi connectivity index (χ0n) is 18.0. The molecule has 0 N–H and O–H groups in total. The maximum absolute atomic E-state index is 13.3. The van der Waals surface area contributed by atoms with Gasteiger partial charge in [0.15, 0.2) is 11.5 Å². The van der Waals surface area contributed by atoms with Gasteiger partial charge in [-0.15, -0.1) is 0 Å². The molecule has 0 spiro atoms. The molecule has 0 atom stereocenters. The quantitative estimate of drug-likeness (QED) is 0.476. The molecule has 4 rings (SSSR count). The van der Waals surface area contributed by atoms with Crippen LogP contribution in [0.5, 0.6) is 17.4 Å². The molecule has 32 heavy (non-hydrogen) atoms. The lowest BCUT2D eigenvalue weighted by atomic mass is 10.1. The number of hydrogen-bond donors (Lipinski definition) is 0. The highest BCUT2D eigenvalue weighted by molar-refractivity contribution is 6.31. The van der Waals surface area contributed by atoms with Crippen LogP contribution in [0.3, 0.4) is 0 Å². The van der Waals surface area contributed by atoms with E-state index in [4.69, 9.17) is 21.1 Å². The lowest BCUT2D eigenvalue weighted by molar-refractivity contribution is -0.131. The Balaban J connectivity index is 1.60. The summed E-state index contributed by atoms with van der Waals surface area (Å²) in [6.45, 7) is 1.73. The average molecular weight is 451 g/mol. The molecule has 2 heterocycles. The van der Waals surface area contributed by atoms with Crippen molar-refractivity contribution in [2.75, 3.05) is 13.2 Å². The average Bonchev–Trinajstić information content (AvgIpc) is 2.81.